The molecule has 2 saturated heterocycles. The lowest BCUT2D eigenvalue weighted by Gasteiger charge is -2.23. The SMILES string of the molecule is O=C(CN1CCC2(CCOC2)C1)NCCC1CCCCC1. The van der Waals surface area contributed by atoms with Gasteiger partial charge in [0.15, 0.2) is 0 Å². The third-order valence-electron chi connectivity index (χ3n) is 5.67. The molecule has 3 fully saturated rings. The zero-order chi connectivity index (χ0) is 14.5. The third-order valence-corrected chi connectivity index (χ3v) is 5.67. The minimum atomic E-state index is 0.210. The van der Waals surface area contributed by atoms with E-state index >= 15 is 0 Å². The van der Waals surface area contributed by atoms with Gasteiger partial charge in [-0.2, -0.15) is 0 Å². The molecule has 1 unspecified atom stereocenters. The van der Waals surface area contributed by atoms with Crippen molar-refractivity contribution in [2.45, 2.75) is 51.4 Å². The number of hydrogen-bond donors (Lipinski definition) is 1. The maximum atomic E-state index is 12.1. The minimum Gasteiger partial charge on any atom is -0.381 e. The first-order valence-corrected chi connectivity index (χ1v) is 8.83. The quantitative estimate of drug-likeness (QED) is 0.845. The molecule has 120 valence electrons. The average molecular weight is 294 g/mol. The Hall–Kier alpha value is -0.610. The highest BCUT2D eigenvalue weighted by Crippen LogP contribution is 2.37. The van der Waals surface area contributed by atoms with Gasteiger partial charge in [0.1, 0.15) is 0 Å². The van der Waals surface area contributed by atoms with E-state index < -0.39 is 0 Å². The second-order valence-corrected chi connectivity index (χ2v) is 7.41. The standard InChI is InChI=1S/C17H30N2O2/c20-16(18-9-6-15-4-2-1-3-5-15)12-19-10-7-17(13-19)8-11-21-14-17/h15H,1-14H2,(H,18,20). The minimum absolute atomic E-state index is 0.210. The van der Waals surface area contributed by atoms with Crippen molar-refractivity contribution < 1.29 is 9.53 Å². The van der Waals surface area contributed by atoms with Gasteiger partial charge in [-0.15, -0.1) is 0 Å². The number of ether oxygens (including phenoxy) is 1. The summed E-state index contributed by atoms with van der Waals surface area (Å²) in [7, 11) is 0. The Morgan fingerprint density at radius 1 is 1.24 bits per heavy atom. The number of likely N-dealkylation sites (tertiary alicyclic amines) is 1. The summed E-state index contributed by atoms with van der Waals surface area (Å²) in [5.74, 6) is 1.06. The van der Waals surface area contributed by atoms with E-state index in [-0.39, 0.29) is 5.91 Å². The predicted molar refractivity (Wildman–Crippen MR) is 83.1 cm³/mol. The van der Waals surface area contributed by atoms with Crippen molar-refractivity contribution in [3.63, 3.8) is 0 Å². The summed E-state index contributed by atoms with van der Waals surface area (Å²) in [5.41, 5.74) is 0.363. The van der Waals surface area contributed by atoms with Crippen molar-refractivity contribution in [2.75, 3.05) is 39.4 Å². The Morgan fingerprint density at radius 3 is 2.86 bits per heavy atom. The van der Waals surface area contributed by atoms with Crippen LogP contribution >= 0.6 is 0 Å². The lowest BCUT2D eigenvalue weighted by atomic mass is 9.87. The molecule has 0 aromatic carbocycles. The zero-order valence-electron chi connectivity index (χ0n) is 13.2. The van der Waals surface area contributed by atoms with Crippen molar-refractivity contribution in [1.29, 1.82) is 0 Å². The largest absolute Gasteiger partial charge is 0.381 e. The number of amides is 1. The monoisotopic (exact) mass is 294 g/mol. The van der Waals surface area contributed by atoms with Crippen LogP contribution in [-0.2, 0) is 9.53 Å². The van der Waals surface area contributed by atoms with Crippen LogP contribution in [-0.4, -0.2) is 50.2 Å². The molecule has 1 spiro atoms. The molecule has 1 aliphatic carbocycles. The van der Waals surface area contributed by atoms with E-state index in [9.17, 15) is 4.79 Å². The van der Waals surface area contributed by atoms with E-state index in [1.165, 1.54) is 51.4 Å². The van der Waals surface area contributed by atoms with Gasteiger partial charge in [-0.25, -0.2) is 0 Å². The highest BCUT2D eigenvalue weighted by atomic mass is 16.5. The number of nitrogens with one attached hydrogen (secondary N) is 1. The topological polar surface area (TPSA) is 41.6 Å². The summed E-state index contributed by atoms with van der Waals surface area (Å²) in [6.45, 7) is 5.34. The van der Waals surface area contributed by atoms with E-state index in [0.717, 1.165) is 38.8 Å². The molecule has 0 bridgehead atoms. The Morgan fingerprint density at radius 2 is 2.10 bits per heavy atom. The maximum absolute atomic E-state index is 12.1. The van der Waals surface area contributed by atoms with Gasteiger partial charge in [0.25, 0.3) is 0 Å². The number of carbonyl (C=O) groups is 1. The van der Waals surface area contributed by atoms with Gasteiger partial charge in [0, 0.05) is 25.1 Å². The van der Waals surface area contributed by atoms with E-state index in [0.29, 0.717) is 12.0 Å². The molecule has 1 atom stereocenters. The fraction of sp³-hybridized carbons (Fsp3) is 0.941. The van der Waals surface area contributed by atoms with Crippen LogP contribution in [0.1, 0.15) is 51.4 Å². The average Bonchev–Trinajstić information content (AvgIpc) is 3.11. The van der Waals surface area contributed by atoms with Gasteiger partial charge in [-0.3, -0.25) is 9.69 Å². The van der Waals surface area contributed by atoms with E-state index in [1.54, 1.807) is 0 Å². The van der Waals surface area contributed by atoms with Crippen molar-refractivity contribution in [2.24, 2.45) is 11.3 Å². The molecule has 2 heterocycles. The molecule has 21 heavy (non-hydrogen) atoms. The van der Waals surface area contributed by atoms with Crippen molar-refractivity contribution in [3.05, 3.63) is 0 Å². The molecule has 2 aliphatic heterocycles. The number of carbonyl (C=O) groups excluding carboxylic acids is 1. The molecule has 1 amide bonds. The summed E-state index contributed by atoms with van der Waals surface area (Å²) < 4.78 is 5.54. The van der Waals surface area contributed by atoms with Gasteiger partial charge >= 0.3 is 0 Å². The normalized spacial score (nSPS) is 31.0. The maximum Gasteiger partial charge on any atom is 0.234 e. The first kappa shape index (κ1) is 15.3. The molecular formula is C17H30N2O2. The third kappa shape index (κ3) is 4.19. The second kappa shape index (κ2) is 7.10. The Labute approximate surface area is 128 Å². The Bertz CT molecular complexity index is 347. The van der Waals surface area contributed by atoms with Crippen LogP contribution < -0.4 is 5.32 Å². The lowest BCUT2D eigenvalue weighted by Crippen LogP contribution is -2.38. The molecular weight excluding hydrogens is 264 g/mol. The smallest absolute Gasteiger partial charge is 0.234 e. The highest BCUT2D eigenvalue weighted by Gasteiger charge is 2.41. The Balaban J connectivity index is 1.31. The van der Waals surface area contributed by atoms with Crippen LogP contribution in [0.15, 0.2) is 0 Å². The summed E-state index contributed by atoms with van der Waals surface area (Å²) in [6.07, 6.45) is 10.4. The summed E-state index contributed by atoms with van der Waals surface area (Å²) in [4.78, 5) is 14.4. The predicted octanol–water partition coefficient (Wildman–Crippen LogP) is 2.19. The summed E-state index contributed by atoms with van der Waals surface area (Å²) >= 11 is 0. The molecule has 3 aliphatic rings. The van der Waals surface area contributed by atoms with Gasteiger partial charge in [-0.1, -0.05) is 32.1 Å². The van der Waals surface area contributed by atoms with E-state index in [4.69, 9.17) is 4.74 Å². The molecule has 0 aromatic heterocycles. The van der Waals surface area contributed by atoms with Crippen molar-refractivity contribution in [1.82, 2.24) is 10.2 Å². The molecule has 3 rings (SSSR count). The van der Waals surface area contributed by atoms with Gasteiger partial charge in [0.05, 0.1) is 13.2 Å². The van der Waals surface area contributed by atoms with Crippen molar-refractivity contribution >= 4 is 5.91 Å². The molecule has 4 nitrogen and oxygen atoms in total. The lowest BCUT2D eigenvalue weighted by molar-refractivity contribution is -0.122. The van der Waals surface area contributed by atoms with Crippen LogP contribution in [0.3, 0.4) is 0 Å². The number of hydrogen-bond acceptors (Lipinski definition) is 3. The first-order chi connectivity index (χ1) is 10.3. The van der Waals surface area contributed by atoms with Crippen LogP contribution in [0.4, 0.5) is 0 Å². The van der Waals surface area contributed by atoms with Crippen LogP contribution in [0.2, 0.25) is 0 Å². The van der Waals surface area contributed by atoms with E-state index in [1.807, 2.05) is 0 Å². The first-order valence-electron chi connectivity index (χ1n) is 8.83. The molecule has 1 N–H and O–H groups in total. The van der Waals surface area contributed by atoms with Gasteiger partial charge in [-0.05, 0) is 31.7 Å². The Kier molecular flexibility index (Phi) is 5.17. The summed E-state index contributed by atoms with van der Waals surface area (Å²) in [6, 6.07) is 0. The fourth-order valence-electron chi connectivity index (χ4n) is 4.28. The van der Waals surface area contributed by atoms with Crippen LogP contribution in [0.25, 0.3) is 0 Å². The number of rotatable bonds is 5. The van der Waals surface area contributed by atoms with Crippen LogP contribution in [0.5, 0.6) is 0 Å². The fourth-order valence-corrected chi connectivity index (χ4v) is 4.28. The van der Waals surface area contributed by atoms with Crippen LogP contribution in [0, 0.1) is 11.3 Å². The molecule has 1 saturated carbocycles. The van der Waals surface area contributed by atoms with Gasteiger partial charge < -0.3 is 10.1 Å². The number of nitrogens with zero attached hydrogens (tertiary/aromatic N) is 1. The molecule has 0 radical (unpaired) electrons. The highest BCUT2D eigenvalue weighted by molar-refractivity contribution is 5.78. The van der Waals surface area contributed by atoms with Crippen molar-refractivity contribution in [3.8, 4) is 0 Å². The van der Waals surface area contributed by atoms with E-state index in [2.05, 4.69) is 10.2 Å². The van der Waals surface area contributed by atoms with Gasteiger partial charge in [0.2, 0.25) is 5.91 Å². The zero-order valence-corrected chi connectivity index (χ0v) is 13.2. The second-order valence-electron chi connectivity index (χ2n) is 7.41. The summed E-state index contributed by atoms with van der Waals surface area (Å²) in [5, 5.41) is 3.12. The molecule has 0 aromatic rings. The molecule has 4 heteroatoms.